The van der Waals surface area contributed by atoms with Gasteiger partial charge >= 0.3 is 5.97 Å². The lowest BCUT2D eigenvalue weighted by Crippen LogP contribution is -2.38. The summed E-state index contributed by atoms with van der Waals surface area (Å²) >= 11 is 1.42. The molecule has 2 aliphatic rings. The number of carboxylic acids is 1. The fourth-order valence-corrected chi connectivity index (χ4v) is 6.67. The average molecular weight is 596 g/mol. The number of nitrogens with zero attached hydrogens (tertiary/aromatic N) is 1. The van der Waals surface area contributed by atoms with Gasteiger partial charge in [-0.25, -0.2) is 9.69 Å². The summed E-state index contributed by atoms with van der Waals surface area (Å²) in [4.78, 5) is 39.5. The molecule has 8 nitrogen and oxygen atoms in total. The van der Waals surface area contributed by atoms with Gasteiger partial charge in [-0.1, -0.05) is 67.6 Å². The molecule has 4 aromatic rings. The van der Waals surface area contributed by atoms with Crippen molar-refractivity contribution in [2.45, 2.75) is 36.9 Å². The lowest BCUT2D eigenvalue weighted by molar-refractivity contribution is -0.268. The summed E-state index contributed by atoms with van der Waals surface area (Å²) in [7, 11) is 0. The summed E-state index contributed by atoms with van der Waals surface area (Å²) in [6.45, 7) is 1.98. The zero-order chi connectivity index (χ0) is 30.1. The van der Waals surface area contributed by atoms with Crippen molar-refractivity contribution in [2.75, 3.05) is 10.7 Å². The number of anilines is 1. The molecule has 0 aliphatic carbocycles. The van der Waals surface area contributed by atoms with Gasteiger partial charge in [0.05, 0.1) is 41.2 Å². The number of fused-ring (bicyclic) bond motifs is 1. The topological polar surface area (TPSA) is 113 Å². The Morgan fingerprint density at radius 3 is 2.05 bits per heavy atom. The number of benzene rings is 4. The fourth-order valence-electron chi connectivity index (χ4n) is 5.46. The maximum absolute atomic E-state index is 13.0. The summed E-state index contributed by atoms with van der Waals surface area (Å²) in [5.41, 5.74) is 3.89. The van der Waals surface area contributed by atoms with Crippen LogP contribution in [-0.2, 0) is 16.1 Å². The van der Waals surface area contributed by atoms with Crippen LogP contribution in [0.3, 0.4) is 0 Å². The third-order valence-electron chi connectivity index (χ3n) is 7.86. The lowest BCUT2D eigenvalue weighted by Gasteiger charge is -2.41. The second kappa shape index (κ2) is 12.1. The van der Waals surface area contributed by atoms with Gasteiger partial charge in [0.15, 0.2) is 6.29 Å². The van der Waals surface area contributed by atoms with Crippen LogP contribution in [0.4, 0.5) is 5.69 Å². The third kappa shape index (κ3) is 5.60. The van der Waals surface area contributed by atoms with E-state index in [0.717, 1.165) is 11.1 Å². The zero-order valence-corrected chi connectivity index (χ0v) is 24.1. The van der Waals surface area contributed by atoms with Gasteiger partial charge in [0.2, 0.25) is 0 Å². The number of hydrogen-bond donors (Lipinski definition) is 2. The predicted molar refractivity (Wildman–Crippen MR) is 161 cm³/mol. The number of imide groups is 1. The predicted octanol–water partition coefficient (Wildman–Crippen LogP) is 6.26. The molecule has 4 atom stereocenters. The first kappa shape index (κ1) is 28.8. The molecule has 0 aromatic heterocycles. The van der Waals surface area contributed by atoms with Crippen LogP contribution < -0.4 is 4.90 Å². The van der Waals surface area contributed by atoms with E-state index in [9.17, 15) is 24.6 Å². The van der Waals surface area contributed by atoms with Crippen LogP contribution in [-0.4, -0.2) is 39.9 Å². The number of aliphatic hydroxyl groups is 1. The standard InChI is InChI=1S/C34H29NO7S/c1-20-28(19-43-29-9-5-4-8-27(29)33(39)40)41-34(42-30(20)22-12-10-21(18-36)11-13-22)23-14-16-24(17-15-23)35-31(37)25-6-2-3-7-26(25)32(35)38/h2-17,20,28,30,34,36H,18-19H2,1H3,(H,39,40). The smallest absolute Gasteiger partial charge is 0.336 e. The van der Waals surface area contributed by atoms with Crippen molar-refractivity contribution in [2.24, 2.45) is 5.92 Å². The molecule has 0 radical (unpaired) electrons. The highest BCUT2D eigenvalue weighted by atomic mass is 32.2. The lowest BCUT2D eigenvalue weighted by atomic mass is 9.91. The minimum Gasteiger partial charge on any atom is -0.478 e. The first-order valence-corrected chi connectivity index (χ1v) is 14.9. The number of ether oxygens (including phenoxy) is 2. The fraction of sp³-hybridized carbons (Fsp3) is 0.206. The van der Waals surface area contributed by atoms with E-state index in [-0.39, 0.29) is 42.1 Å². The SMILES string of the molecule is CC1C(CSc2ccccc2C(=O)O)OC(c2ccc(N3C(=O)c4ccccc4C3=O)cc2)OC1c1ccc(CO)cc1. The first-order chi connectivity index (χ1) is 20.9. The highest BCUT2D eigenvalue weighted by Crippen LogP contribution is 2.43. The van der Waals surface area contributed by atoms with E-state index in [2.05, 4.69) is 0 Å². The maximum Gasteiger partial charge on any atom is 0.336 e. The third-order valence-corrected chi connectivity index (χ3v) is 9.02. The second-order valence-electron chi connectivity index (χ2n) is 10.5. The molecular formula is C34H29NO7S. The van der Waals surface area contributed by atoms with Gasteiger partial charge in [0.25, 0.3) is 11.8 Å². The molecule has 4 unspecified atom stereocenters. The van der Waals surface area contributed by atoms with Crippen LogP contribution >= 0.6 is 11.8 Å². The molecule has 2 N–H and O–H groups in total. The van der Waals surface area contributed by atoms with Gasteiger partial charge in [-0.05, 0) is 47.5 Å². The molecule has 1 fully saturated rings. The van der Waals surface area contributed by atoms with E-state index in [0.29, 0.717) is 33.0 Å². The van der Waals surface area contributed by atoms with Crippen molar-refractivity contribution in [1.82, 2.24) is 0 Å². The highest BCUT2D eigenvalue weighted by Gasteiger charge is 2.39. The van der Waals surface area contributed by atoms with Crippen molar-refractivity contribution < 1.29 is 34.1 Å². The average Bonchev–Trinajstić information content (AvgIpc) is 3.30. The second-order valence-corrected chi connectivity index (χ2v) is 11.6. The number of aromatic carboxylic acids is 1. The number of carbonyl (C=O) groups is 3. The molecule has 9 heteroatoms. The van der Waals surface area contributed by atoms with Crippen LogP contribution in [0.1, 0.15) is 67.1 Å². The molecule has 218 valence electrons. The number of thioether (sulfide) groups is 1. The minimum atomic E-state index is -0.984. The summed E-state index contributed by atoms with van der Waals surface area (Å²) < 4.78 is 13.0. The Balaban J connectivity index is 1.26. The summed E-state index contributed by atoms with van der Waals surface area (Å²) in [5, 5.41) is 19.1. The largest absolute Gasteiger partial charge is 0.478 e. The minimum absolute atomic E-state index is 0.0607. The molecule has 43 heavy (non-hydrogen) atoms. The Morgan fingerprint density at radius 1 is 0.814 bits per heavy atom. The van der Waals surface area contributed by atoms with E-state index in [1.807, 2.05) is 37.3 Å². The number of carbonyl (C=O) groups excluding carboxylic acids is 2. The van der Waals surface area contributed by atoms with E-state index in [4.69, 9.17) is 9.47 Å². The van der Waals surface area contributed by atoms with Crippen LogP contribution in [0.2, 0.25) is 0 Å². The van der Waals surface area contributed by atoms with Gasteiger partial charge in [-0.15, -0.1) is 11.8 Å². The van der Waals surface area contributed by atoms with Gasteiger partial charge < -0.3 is 19.7 Å². The number of amides is 2. The molecule has 0 saturated carbocycles. The zero-order valence-electron chi connectivity index (χ0n) is 23.3. The number of aliphatic hydroxyl groups excluding tert-OH is 1. The van der Waals surface area contributed by atoms with Gasteiger partial charge in [-0.3, -0.25) is 9.59 Å². The molecule has 0 spiro atoms. The Kier molecular flexibility index (Phi) is 8.14. The van der Waals surface area contributed by atoms with Crippen molar-refractivity contribution in [3.05, 3.63) is 130 Å². The molecule has 2 amide bonds. The van der Waals surface area contributed by atoms with Crippen LogP contribution in [0.25, 0.3) is 0 Å². The van der Waals surface area contributed by atoms with E-state index in [1.54, 1.807) is 66.7 Å². The summed E-state index contributed by atoms with van der Waals surface area (Å²) in [6.07, 6.45) is -1.40. The van der Waals surface area contributed by atoms with Crippen molar-refractivity contribution in [3.8, 4) is 0 Å². The van der Waals surface area contributed by atoms with E-state index < -0.39 is 12.3 Å². The highest BCUT2D eigenvalue weighted by molar-refractivity contribution is 7.99. The maximum atomic E-state index is 13.0. The molecule has 2 aliphatic heterocycles. The van der Waals surface area contributed by atoms with E-state index >= 15 is 0 Å². The number of carboxylic acid groups (broad SMARTS) is 1. The van der Waals surface area contributed by atoms with Gasteiger partial charge in [-0.2, -0.15) is 0 Å². The monoisotopic (exact) mass is 595 g/mol. The summed E-state index contributed by atoms with van der Waals surface area (Å²) in [5.74, 6) is -1.31. The first-order valence-electron chi connectivity index (χ1n) is 13.9. The van der Waals surface area contributed by atoms with Crippen LogP contribution in [0.15, 0.2) is 102 Å². The molecule has 2 heterocycles. The number of hydrogen-bond acceptors (Lipinski definition) is 7. The van der Waals surface area contributed by atoms with E-state index in [1.165, 1.54) is 16.7 Å². The Bertz CT molecular complexity index is 1640. The normalized spacial score (nSPS) is 21.6. The van der Waals surface area contributed by atoms with Gasteiger partial charge in [0, 0.05) is 22.1 Å². The van der Waals surface area contributed by atoms with Crippen LogP contribution in [0, 0.1) is 5.92 Å². The van der Waals surface area contributed by atoms with Gasteiger partial charge in [0.1, 0.15) is 0 Å². The van der Waals surface area contributed by atoms with Crippen LogP contribution in [0.5, 0.6) is 0 Å². The Labute approximate surface area is 252 Å². The summed E-state index contributed by atoms with van der Waals surface area (Å²) in [6, 6.07) is 28.2. The number of rotatable bonds is 8. The van der Waals surface area contributed by atoms with Crippen molar-refractivity contribution in [3.63, 3.8) is 0 Å². The molecule has 4 aromatic carbocycles. The molecule has 6 rings (SSSR count). The Hall–Kier alpha value is -4.28. The quantitative estimate of drug-likeness (QED) is 0.181. The Morgan fingerprint density at radius 2 is 1.42 bits per heavy atom. The van der Waals surface area contributed by atoms with Crippen molar-refractivity contribution in [1.29, 1.82) is 0 Å². The molecule has 1 saturated heterocycles. The van der Waals surface area contributed by atoms with Crippen molar-refractivity contribution >= 4 is 35.2 Å². The molecular weight excluding hydrogens is 566 g/mol. The molecule has 0 bridgehead atoms.